The van der Waals surface area contributed by atoms with Crippen molar-refractivity contribution in [3.63, 3.8) is 0 Å². The molecule has 0 saturated heterocycles. The number of nitrogens with zero attached hydrogens (tertiary/aromatic N) is 1. The van der Waals surface area contributed by atoms with Crippen LogP contribution in [0, 0.1) is 5.92 Å². The van der Waals surface area contributed by atoms with Gasteiger partial charge in [0.15, 0.2) is 0 Å². The van der Waals surface area contributed by atoms with E-state index in [2.05, 4.69) is 10.6 Å². The van der Waals surface area contributed by atoms with Gasteiger partial charge in [-0.15, -0.1) is 0 Å². The van der Waals surface area contributed by atoms with Gasteiger partial charge in [-0.3, -0.25) is 9.59 Å². The van der Waals surface area contributed by atoms with Crippen LogP contribution in [0.4, 0.5) is 5.69 Å². The maximum atomic E-state index is 12.0. The Hall–Kier alpha value is -2.31. The summed E-state index contributed by atoms with van der Waals surface area (Å²) >= 11 is 6.00. The van der Waals surface area contributed by atoms with E-state index in [1.54, 1.807) is 29.7 Å². The Morgan fingerprint density at radius 2 is 1.96 bits per heavy atom. The summed E-state index contributed by atoms with van der Waals surface area (Å²) in [4.78, 5) is 23.8. The number of benzene rings is 1. The van der Waals surface area contributed by atoms with Gasteiger partial charge in [-0.1, -0.05) is 18.5 Å². The standard InChI is InChI=1S/C16H18ClN3O3/c1-11(10-21)9-18-15(22)16(23)19-13-5-4-12(17)8-14(13)20-6-2-3-7-20/h2-8,11,21H,9-10H2,1H3,(H,18,22)(H,19,23). The minimum atomic E-state index is -0.772. The highest BCUT2D eigenvalue weighted by atomic mass is 35.5. The van der Waals surface area contributed by atoms with Crippen LogP contribution in [0.25, 0.3) is 5.69 Å². The van der Waals surface area contributed by atoms with Gasteiger partial charge in [0.1, 0.15) is 0 Å². The average Bonchev–Trinajstić information content (AvgIpc) is 3.08. The molecular weight excluding hydrogens is 318 g/mol. The number of aromatic nitrogens is 1. The minimum Gasteiger partial charge on any atom is -0.396 e. The Morgan fingerprint density at radius 3 is 2.61 bits per heavy atom. The van der Waals surface area contributed by atoms with Crippen LogP contribution in [0.2, 0.25) is 5.02 Å². The highest BCUT2D eigenvalue weighted by Gasteiger charge is 2.16. The first-order valence-electron chi connectivity index (χ1n) is 7.14. The van der Waals surface area contributed by atoms with Crippen molar-refractivity contribution in [2.45, 2.75) is 6.92 Å². The summed E-state index contributed by atoms with van der Waals surface area (Å²) < 4.78 is 1.78. The zero-order valence-corrected chi connectivity index (χ0v) is 13.4. The maximum absolute atomic E-state index is 12.0. The molecule has 1 heterocycles. The molecule has 0 radical (unpaired) electrons. The van der Waals surface area contributed by atoms with Crippen molar-refractivity contribution in [1.29, 1.82) is 0 Å². The topological polar surface area (TPSA) is 83.4 Å². The molecule has 3 N–H and O–H groups in total. The third-order valence-electron chi connectivity index (χ3n) is 3.22. The lowest BCUT2D eigenvalue weighted by atomic mass is 10.2. The molecule has 2 aromatic rings. The number of amides is 2. The smallest absolute Gasteiger partial charge is 0.313 e. The summed E-state index contributed by atoms with van der Waals surface area (Å²) in [6.07, 6.45) is 3.62. The number of aliphatic hydroxyl groups excluding tert-OH is 1. The summed E-state index contributed by atoms with van der Waals surface area (Å²) in [5.41, 5.74) is 1.13. The second-order valence-electron chi connectivity index (χ2n) is 5.20. The second kappa shape index (κ2) is 7.80. The molecule has 1 atom stereocenters. The average molecular weight is 336 g/mol. The van der Waals surface area contributed by atoms with Gasteiger partial charge in [0, 0.05) is 30.6 Å². The Labute approximate surface area is 139 Å². The molecule has 0 bridgehead atoms. The fraction of sp³-hybridized carbons (Fsp3) is 0.250. The number of aliphatic hydroxyl groups is 1. The van der Waals surface area contributed by atoms with E-state index in [1.165, 1.54) is 0 Å². The van der Waals surface area contributed by atoms with E-state index in [4.69, 9.17) is 16.7 Å². The Kier molecular flexibility index (Phi) is 5.78. The molecule has 0 fully saturated rings. The summed E-state index contributed by atoms with van der Waals surface area (Å²) in [6.45, 7) is 1.94. The molecule has 122 valence electrons. The van der Waals surface area contributed by atoms with Crippen LogP contribution in [-0.4, -0.2) is 34.6 Å². The molecule has 0 aliphatic heterocycles. The first-order valence-corrected chi connectivity index (χ1v) is 7.52. The van der Waals surface area contributed by atoms with Gasteiger partial charge in [-0.25, -0.2) is 0 Å². The normalized spacial score (nSPS) is 11.8. The van der Waals surface area contributed by atoms with E-state index in [-0.39, 0.29) is 19.1 Å². The van der Waals surface area contributed by atoms with Crippen LogP contribution in [0.5, 0.6) is 0 Å². The van der Waals surface area contributed by atoms with E-state index in [1.807, 2.05) is 24.5 Å². The van der Waals surface area contributed by atoms with Crippen LogP contribution in [0.1, 0.15) is 6.92 Å². The molecule has 2 rings (SSSR count). The van der Waals surface area contributed by atoms with Crippen molar-refractivity contribution < 1.29 is 14.7 Å². The third-order valence-corrected chi connectivity index (χ3v) is 3.45. The molecule has 0 saturated carbocycles. The van der Waals surface area contributed by atoms with E-state index < -0.39 is 11.8 Å². The first-order chi connectivity index (χ1) is 11.0. The quantitative estimate of drug-likeness (QED) is 0.729. The number of carbonyl (C=O) groups is 2. The zero-order valence-electron chi connectivity index (χ0n) is 12.6. The SMILES string of the molecule is CC(CO)CNC(=O)C(=O)Nc1ccc(Cl)cc1-n1cccc1. The number of hydrogen-bond donors (Lipinski definition) is 3. The van der Waals surface area contributed by atoms with E-state index in [9.17, 15) is 9.59 Å². The first kappa shape index (κ1) is 17.1. The lowest BCUT2D eigenvalue weighted by Crippen LogP contribution is -2.38. The number of rotatable bonds is 5. The third kappa shape index (κ3) is 4.58. The summed E-state index contributed by atoms with van der Waals surface area (Å²) in [7, 11) is 0. The predicted octanol–water partition coefficient (Wildman–Crippen LogP) is 1.81. The molecule has 0 aliphatic carbocycles. The number of carbonyl (C=O) groups excluding carboxylic acids is 2. The van der Waals surface area contributed by atoms with Crippen molar-refractivity contribution in [3.8, 4) is 5.69 Å². The maximum Gasteiger partial charge on any atom is 0.313 e. The van der Waals surface area contributed by atoms with Crippen molar-refractivity contribution in [1.82, 2.24) is 9.88 Å². The molecule has 1 aromatic carbocycles. The van der Waals surface area contributed by atoms with Crippen LogP contribution >= 0.6 is 11.6 Å². The molecule has 1 unspecified atom stereocenters. The fourth-order valence-corrected chi connectivity index (χ4v) is 2.08. The van der Waals surface area contributed by atoms with E-state index >= 15 is 0 Å². The minimum absolute atomic E-state index is 0.0587. The second-order valence-corrected chi connectivity index (χ2v) is 5.64. The van der Waals surface area contributed by atoms with Crippen molar-refractivity contribution in [2.75, 3.05) is 18.5 Å². The summed E-state index contributed by atoms with van der Waals surface area (Å²) in [5, 5.41) is 14.5. The number of halogens is 1. The summed E-state index contributed by atoms with van der Waals surface area (Å²) in [5.74, 6) is -1.64. The van der Waals surface area contributed by atoms with Gasteiger partial charge in [0.05, 0.1) is 11.4 Å². The monoisotopic (exact) mass is 335 g/mol. The molecule has 1 aromatic heterocycles. The highest BCUT2D eigenvalue weighted by Crippen LogP contribution is 2.24. The van der Waals surface area contributed by atoms with Crippen molar-refractivity contribution in [2.24, 2.45) is 5.92 Å². The van der Waals surface area contributed by atoms with Gasteiger partial charge in [0.25, 0.3) is 0 Å². The predicted molar refractivity (Wildman–Crippen MR) is 88.7 cm³/mol. The summed E-state index contributed by atoms with van der Waals surface area (Å²) in [6, 6.07) is 8.66. The van der Waals surface area contributed by atoms with Crippen molar-refractivity contribution >= 4 is 29.1 Å². The Balaban J connectivity index is 2.11. The Bertz CT molecular complexity index is 686. The molecule has 0 aliphatic rings. The van der Waals surface area contributed by atoms with E-state index in [0.29, 0.717) is 16.4 Å². The van der Waals surface area contributed by atoms with Crippen LogP contribution in [0.15, 0.2) is 42.7 Å². The molecule has 7 heteroatoms. The van der Waals surface area contributed by atoms with Crippen LogP contribution in [0.3, 0.4) is 0 Å². The molecular formula is C16H18ClN3O3. The zero-order chi connectivity index (χ0) is 16.8. The van der Waals surface area contributed by atoms with Gasteiger partial charge in [0.2, 0.25) is 0 Å². The highest BCUT2D eigenvalue weighted by molar-refractivity contribution is 6.40. The van der Waals surface area contributed by atoms with Crippen LogP contribution in [-0.2, 0) is 9.59 Å². The van der Waals surface area contributed by atoms with Gasteiger partial charge in [-0.2, -0.15) is 0 Å². The number of anilines is 1. The molecule has 23 heavy (non-hydrogen) atoms. The fourth-order valence-electron chi connectivity index (χ4n) is 1.91. The largest absolute Gasteiger partial charge is 0.396 e. The van der Waals surface area contributed by atoms with Crippen molar-refractivity contribution in [3.05, 3.63) is 47.7 Å². The van der Waals surface area contributed by atoms with Gasteiger partial charge >= 0.3 is 11.8 Å². The lowest BCUT2D eigenvalue weighted by molar-refractivity contribution is -0.136. The lowest BCUT2D eigenvalue weighted by Gasteiger charge is -2.13. The molecule has 0 spiro atoms. The molecule has 6 nitrogen and oxygen atoms in total. The van der Waals surface area contributed by atoms with Crippen LogP contribution < -0.4 is 10.6 Å². The number of nitrogens with one attached hydrogen (secondary N) is 2. The number of hydrogen-bond acceptors (Lipinski definition) is 3. The van der Waals surface area contributed by atoms with Gasteiger partial charge < -0.3 is 20.3 Å². The molecule has 2 amide bonds. The van der Waals surface area contributed by atoms with E-state index in [0.717, 1.165) is 0 Å². The Morgan fingerprint density at radius 1 is 1.26 bits per heavy atom. The van der Waals surface area contributed by atoms with Gasteiger partial charge in [-0.05, 0) is 36.2 Å².